The lowest BCUT2D eigenvalue weighted by Gasteiger charge is -2.22. The first-order valence-electron chi connectivity index (χ1n) is 6.70. The van der Waals surface area contributed by atoms with Crippen molar-refractivity contribution in [3.63, 3.8) is 0 Å². The first-order chi connectivity index (χ1) is 8.46. The molecule has 0 aliphatic heterocycles. The number of hydrogen-bond donors (Lipinski definition) is 3. The zero-order valence-electron chi connectivity index (χ0n) is 11.8. The van der Waals surface area contributed by atoms with Crippen LogP contribution in [-0.2, 0) is 0 Å². The summed E-state index contributed by atoms with van der Waals surface area (Å²) >= 11 is 1.99. The second kappa shape index (κ2) is 6.66. The standard InChI is InChI=1S/C13H27N3OS/c1-12(2,11(14)16-17)6-4-5-9-15-10-13(18-3)7-8-13/h15,17H,4-10H2,1-3H3,(H2,14,16). The summed E-state index contributed by atoms with van der Waals surface area (Å²) in [6.45, 7) is 6.23. The Hall–Kier alpha value is -0.420. The fourth-order valence-electron chi connectivity index (χ4n) is 1.99. The lowest BCUT2D eigenvalue weighted by Crippen LogP contribution is -2.32. The van der Waals surface area contributed by atoms with Crippen LogP contribution < -0.4 is 11.1 Å². The molecule has 0 amide bonds. The van der Waals surface area contributed by atoms with E-state index in [0.717, 1.165) is 32.4 Å². The van der Waals surface area contributed by atoms with Crippen molar-refractivity contribution >= 4 is 17.6 Å². The van der Waals surface area contributed by atoms with Crippen LogP contribution >= 0.6 is 11.8 Å². The Morgan fingerprint density at radius 3 is 2.61 bits per heavy atom. The van der Waals surface area contributed by atoms with Gasteiger partial charge in [0.1, 0.15) is 5.84 Å². The molecule has 1 fully saturated rings. The molecule has 0 aromatic heterocycles. The number of amidine groups is 1. The van der Waals surface area contributed by atoms with E-state index in [4.69, 9.17) is 10.9 Å². The maximum absolute atomic E-state index is 8.68. The number of oxime groups is 1. The molecule has 0 radical (unpaired) electrons. The molecule has 0 aromatic carbocycles. The Balaban J connectivity index is 2.05. The van der Waals surface area contributed by atoms with Crippen LogP contribution in [0.4, 0.5) is 0 Å². The van der Waals surface area contributed by atoms with Crippen LogP contribution in [0.3, 0.4) is 0 Å². The summed E-state index contributed by atoms with van der Waals surface area (Å²) in [4.78, 5) is 0. The van der Waals surface area contributed by atoms with Crippen molar-refractivity contribution in [1.29, 1.82) is 0 Å². The van der Waals surface area contributed by atoms with Gasteiger partial charge in [-0.2, -0.15) is 11.8 Å². The van der Waals surface area contributed by atoms with Crippen LogP contribution in [-0.4, -0.2) is 35.1 Å². The molecule has 1 aliphatic rings. The number of nitrogens with zero attached hydrogens (tertiary/aromatic N) is 1. The van der Waals surface area contributed by atoms with Crippen LogP contribution in [0.2, 0.25) is 0 Å². The number of nitrogens with one attached hydrogen (secondary N) is 1. The van der Waals surface area contributed by atoms with Gasteiger partial charge >= 0.3 is 0 Å². The highest BCUT2D eigenvalue weighted by Gasteiger charge is 2.41. The number of hydrogen-bond acceptors (Lipinski definition) is 4. The Labute approximate surface area is 115 Å². The lowest BCUT2D eigenvalue weighted by atomic mass is 9.86. The average molecular weight is 273 g/mol. The molecule has 1 saturated carbocycles. The van der Waals surface area contributed by atoms with Crippen molar-refractivity contribution in [2.45, 2.75) is 50.7 Å². The summed E-state index contributed by atoms with van der Waals surface area (Å²) in [5.74, 6) is 0.328. The largest absolute Gasteiger partial charge is 0.409 e. The smallest absolute Gasteiger partial charge is 0.144 e. The topological polar surface area (TPSA) is 70.6 Å². The van der Waals surface area contributed by atoms with Crippen molar-refractivity contribution < 1.29 is 5.21 Å². The molecule has 106 valence electrons. The van der Waals surface area contributed by atoms with Gasteiger partial charge in [0.2, 0.25) is 0 Å². The normalized spacial score (nSPS) is 18.9. The van der Waals surface area contributed by atoms with Gasteiger partial charge in [-0.05, 0) is 38.5 Å². The van der Waals surface area contributed by atoms with Crippen LogP contribution in [0.5, 0.6) is 0 Å². The Morgan fingerprint density at radius 2 is 2.11 bits per heavy atom. The Kier molecular flexibility index (Phi) is 5.79. The molecule has 4 nitrogen and oxygen atoms in total. The monoisotopic (exact) mass is 273 g/mol. The number of thioether (sulfide) groups is 1. The highest BCUT2D eigenvalue weighted by molar-refractivity contribution is 8.00. The predicted octanol–water partition coefficient (Wildman–Crippen LogP) is 2.41. The van der Waals surface area contributed by atoms with Crippen LogP contribution in [0.1, 0.15) is 46.0 Å². The van der Waals surface area contributed by atoms with E-state index in [2.05, 4.69) is 16.7 Å². The number of unbranched alkanes of at least 4 members (excludes halogenated alkanes) is 1. The molecule has 0 bridgehead atoms. The molecule has 5 heteroatoms. The highest BCUT2D eigenvalue weighted by Crippen LogP contribution is 2.46. The Morgan fingerprint density at radius 1 is 1.44 bits per heavy atom. The SMILES string of the molecule is CSC1(CNCCCCC(C)(C)C(N)=NO)CC1. The third kappa shape index (κ3) is 4.69. The maximum Gasteiger partial charge on any atom is 0.144 e. The summed E-state index contributed by atoms with van der Waals surface area (Å²) in [6.07, 6.45) is 8.12. The van der Waals surface area contributed by atoms with Crippen LogP contribution in [0.25, 0.3) is 0 Å². The minimum Gasteiger partial charge on any atom is -0.409 e. The Bertz CT molecular complexity index is 288. The van der Waals surface area contributed by atoms with E-state index in [0.29, 0.717) is 10.6 Å². The molecule has 1 rings (SSSR count). The molecule has 4 N–H and O–H groups in total. The van der Waals surface area contributed by atoms with Crippen molar-refractivity contribution in [2.75, 3.05) is 19.3 Å². The summed E-state index contributed by atoms with van der Waals surface area (Å²) in [6, 6.07) is 0. The van der Waals surface area contributed by atoms with E-state index in [1.165, 1.54) is 12.8 Å². The van der Waals surface area contributed by atoms with Crippen LogP contribution in [0.15, 0.2) is 5.16 Å². The maximum atomic E-state index is 8.68. The second-order valence-electron chi connectivity index (χ2n) is 5.89. The van der Waals surface area contributed by atoms with E-state index in [-0.39, 0.29) is 5.41 Å². The molecule has 0 atom stereocenters. The molecule has 18 heavy (non-hydrogen) atoms. The van der Waals surface area contributed by atoms with Gasteiger partial charge < -0.3 is 16.3 Å². The van der Waals surface area contributed by atoms with Gasteiger partial charge in [0.25, 0.3) is 0 Å². The molecule has 0 saturated heterocycles. The summed E-state index contributed by atoms with van der Waals surface area (Å²) in [5.41, 5.74) is 5.45. The quantitative estimate of drug-likeness (QED) is 0.198. The van der Waals surface area contributed by atoms with Crippen molar-refractivity contribution in [3.8, 4) is 0 Å². The fourth-order valence-corrected chi connectivity index (χ4v) is 2.75. The molecule has 0 spiro atoms. The van der Waals surface area contributed by atoms with Gasteiger partial charge in [-0.15, -0.1) is 0 Å². The van der Waals surface area contributed by atoms with Gasteiger partial charge in [-0.1, -0.05) is 25.4 Å². The minimum atomic E-state index is -0.203. The lowest BCUT2D eigenvalue weighted by molar-refractivity contribution is 0.304. The number of rotatable bonds is 9. The summed E-state index contributed by atoms with van der Waals surface area (Å²) < 4.78 is 0.549. The molecule has 0 heterocycles. The van der Waals surface area contributed by atoms with Crippen LogP contribution in [0, 0.1) is 5.41 Å². The van der Waals surface area contributed by atoms with Gasteiger partial charge in [0, 0.05) is 16.7 Å². The molecular formula is C13H27N3OS. The van der Waals surface area contributed by atoms with Gasteiger partial charge in [0.05, 0.1) is 0 Å². The van der Waals surface area contributed by atoms with E-state index >= 15 is 0 Å². The van der Waals surface area contributed by atoms with E-state index in [9.17, 15) is 0 Å². The zero-order chi connectivity index (χ0) is 13.6. The second-order valence-corrected chi connectivity index (χ2v) is 7.16. The highest BCUT2D eigenvalue weighted by atomic mass is 32.2. The van der Waals surface area contributed by atoms with Crippen molar-refractivity contribution in [2.24, 2.45) is 16.3 Å². The average Bonchev–Trinajstić information content (AvgIpc) is 3.13. The van der Waals surface area contributed by atoms with E-state index in [1.54, 1.807) is 0 Å². The van der Waals surface area contributed by atoms with Gasteiger partial charge in [-0.3, -0.25) is 0 Å². The number of nitrogens with two attached hydrogens (primary N) is 1. The summed E-state index contributed by atoms with van der Waals surface area (Å²) in [5, 5.41) is 15.3. The first-order valence-corrected chi connectivity index (χ1v) is 7.92. The van der Waals surface area contributed by atoms with Gasteiger partial charge in [-0.25, -0.2) is 0 Å². The fraction of sp³-hybridized carbons (Fsp3) is 0.923. The van der Waals surface area contributed by atoms with E-state index < -0.39 is 0 Å². The third-order valence-electron chi connectivity index (χ3n) is 3.89. The molecular weight excluding hydrogens is 246 g/mol. The van der Waals surface area contributed by atoms with Crippen molar-refractivity contribution in [3.05, 3.63) is 0 Å². The summed E-state index contributed by atoms with van der Waals surface area (Å²) in [7, 11) is 0. The molecule has 1 aliphatic carbocycles. The first kappa shape index (κ1) is 15.6. The molecule has 0 aromatic rings. The van der Waals surface area contributed by atoms with E-state index in [1.807, 2.05) is 25.6 Å². The third-order valence-corrected chi connectivity index (χ3v) is 5.31. The van der Waals surface area contributed by atoms with Gasteiger partial charge in [0.15, 0.2) is 0 Å². The zero-order valence-corrected chi connectivity index (χ0v) is 12.6. The van der Waals surface area contributed by atoms with Crippen molar-refractivity contribution in [1.82, 2.24) is 5.32 Å². The predicted molar refractivity (Wildman–Crippen MR) is 79.4 cm³/mol. The minimum absolute atomic E-state index is 0.203. The molecule has 0 unspecified atom stereocenters.